The lowest BCUT2D eigenvalue weighted by Gasteiger charge is -2.09. The lowest BCUT2D eigenvalue weighted by atomic mass is 10.1. The van der Waals surface area contributed by atoms with E-state index in [1.807, 2.05) is 0 Å². The van der Waals surface area contributed by atoms with E-state index < -0.39 is 0 Å². The summed E-state index contributed by atoms with van der Waals surface area (Å²) >= 11 is 9.29. The Balaban J connectivity index is 1.72. The highest BCUT2D eigenvalue weighted by molar-refractivity contribution is 9.10. The van der Waals surface area contributed by atoms with Crippen molar-refractivity contribution in [3.05, 3.63) is 63.3 Å². The summed E-state index contributed by atoms with van der Waals surface area (Å²) in [7, 11) is 0. The van der Waals surface area contributed by atoms with Crippen molar-refractivity contribution in [3.63, 3.8) is 0 Å². The van der Waals surface area contributed by atoms with Crippen LogP contribution in [-0.4, -0.2) is 19.1 Å². The topological polar surface area (TPSA) is 38.3 Å². The highest BCUT2D eigenvalue weighted by Crippen LogP contribution is 2.27. The van der Waals surface area contributed by atoms with E-state index in [1.54, 1.807) is 30.3 Å². The molecule has 0 unspecified atom stereocenters. The molecule has 0 aliphatic heterocycles. The van der Waals surface area contributed by atoms with Crippen molar-refractivity contribution < 1.29 is 13.9 Å². The van der Waals surface area contributed by atoms with Gasteiger partial charge < -0.3 is 10.1 Å². The van der Waals surface area contributed by atoms with Gasteiger partial charge in [-0.3, -0.25) is 4.79 Å². The van der Waals surface area contributed by atoms with Crippen molar-refractivity contribution in [2.45, 2.75) is 6.42 Å². The molecule has 0 radical (unpaired) electrons. The minimum atomic E-state index is -0.271. The normalized spacial score (nSPS) is 10.3. The number of ether oxygens (including phenoxy) is 1. The quantitative estimate of drug-likeness (QED) is 0.815. The van der Waals surface area contributed by atoms with Gasteiger partial charge in [-0.2, -0.15) is 0 Å². The molecule has 0 fully saturated rings. The Hall–Kier alpha value is -1.59. The molecule has 3 nitrogen and oxygen atoms in total. The Bertz CT molecular complexity index is 649. The number of carbonyl (C=O) groups excluding carboxylic acids is 1. The maximum Gasteiger partial charge on any atom is 0.257 e. The first-order chi connectivity index (χ1) is 10.5. The summed E-state index contributed by atoms with van der Waals surface area (Å²) in [6, 6.07) is 11.4. The van der Waals surface area contributed by atoms with E-state index in [4.69, 9.17) is 16.3 Å². The molecule has 2 aromatic carbocycles. The second-order valence-electron chi connectivity index (χ2n) is 4.59. The van der Waals surface area contributed by atoms with Gasteiger partial charge in [0.15, 0.2) is 6.61 Å². The van der Waals surface area contributed by atoms with E-state index in [0.29, 0.717) is 23.7 Å². The van der Waals surface area contributed by atoms with Gasteiger partial charge in [0.05, 0.1) is 5.02 Å². The molecule has 6 heteroatoms. The maximum absolute atomic E-state index is 12.8. The highest BCUT2D eigenvalue weighted by atomic mass is 79.9. The van der Waals surface area contributed by atoms with Crippen LogP contribution in [0.15, 0.2) is 46.9 Å². The van der Waals surface area contributed by atoms with Gasteiger partial charge in [0, 0.05) is 11.0 Å². The molecule has 1 N–H and O–H groups in total. The van der Waals surface area contributed by atoms with Gasteiger partial charge in [-0.25, -0.2) is 4.39 Å². The molecule has 0 saturated heterocycles. The summed E-state index contributed by atoms with van der Waals surface area (Å²) in [5.41, 5.74) is 0.957. The zero-order valence-electron chi connectivity index (χ0n) is 11.6. The van der Waals surface area contributed by atoms with Crippen LogP contribution in [0.25, 0.3) is 0 Å². The first-order valence-corrected chi connectivity index (χ1v) is 7.80. The molecule has 2 rings (SSSR count). The summed E-state index contributed by atoms with van der Waals surface area (Å²) in [4.78, 5) is 11.7. The monoisotopic (exact) mass is 385 g/mol. The fourth-order valence-electron chi connectivity index (χ4n) is 1.78. The first-order valence-electron chi connectivity index (χ1n) is 6.63. The molecular formula is C16H14BrClFNO2. The van der Waals surface area contributed by atoms with Gasteiger partial charge in [-0.1, -0.05) is 39.7 Å². The Morgan fingerprint density at radius 2 is 1.95 bits per heavy atom. The van der Waals surface area contributed by atoms with E-state index in [9.17, 15) is 9.18 Å². The van der Waals surface area contributed by atoms with Crippen LogP contribution in [0.3, 0.4) is 0 Å². The zero-order valence-corrected chi connectivity index (χ0v) is 14.0. The molecule has 22 heavy (non-hydrogen) atoms. The van der Waals surface area contributed by atoms with Crippen LogP contribution >= 0.6 is 27.5 Å². The fourth-order valence-corrected chi connectivity index (χ4v) is 2.51. The number of hydrogen-bond acceptors (Lipinski definition) is 2. The van der Waals surface area contributed by atoms with Crippen LogP contribution < -0.4 is 10.1 Å². The van der Waals surface area contributed by atoms with E-state index in [-0.39, 0.29) is 18.3 Å². The fraction of sp³-hybridized carbons (Fsp3) is 0.188. The first kappa shape index (κ1) is 16.8. The Kier molecular flexibility index (Phi) is 6.21. The van der Waals surface area contributed by atoms with Crippen molar-refractivity contribution in [3.8, 4) is 5.75 Å². The summed E-state index contributed by atoms with van der Waals surface area (Å²) < 4.78 is 19.0. The summed E-state index contributed by atoms with van der Waals surface area (Å²) in [6.45, 7) is 0.354. The minimum Gasteiger partial charge on any atom is -0.482 e. The van der Waals surface area contributed by atoms with Crippen LogP contribution in [0, 0.1) is 5.82 Å². The molecule has 0 bridgehead atoms. The standard InChI is InChI=1S/C16H14BrClFNO2/c17-12-3-6-15(14(18)9-12)22-10-16(21)20-8-7-11-1-4-13(19)5-2-11/h1-6,9H,7-8,10H2,(H,20,21). The second kappa shape index (κ2) is 8.15. The molecule has 0 spiro atoms. The molecule has 0 saturated carbocycles. The second-order valence-corrected chi connectivity index (χ2v) is 5.91. The number of nitrogens with one attached hydrogen (secondary N) is 1. The number of benzene rings is 2. The van der Waals surface area contributed by atoms with E-state index in [2.05, 4.69) is 21.2 Å². The molecular weight excluding hydrogens is 373 g/mol. The third kappa shape index (κ3) is 5.31. The van der Waals surface area contributed by atoms with Crippen molar-refractivity contribution in [2.24, 2.45) is 0 Å². The van der Waals surface area contributed by atoms with Gasteiger partial charge >= 0.3 is 0 Å². The number of carbonyl (C=O) groups is 1. The van der Waals surface area contributed by atoms with Crippen LogP contribution in [-0.2, 0) is 11.2 Å². The van der Waals surface area contributed by atoms with Gasteiger partial charge in [-0.15, -0.1) is 0 Å². The van der Waals surface area contributed by atoms with Crippen LogP contribution in [0.1, 0.15) is 5.56 Å². The van der Waals surface area contributed by atoms with Crippen molar-refractivity contribution in [1.82, 2.24) is 5.32 Å². The maximum atomic E-state index is 12.8. The van der Waals surface area contributed by atoms with Gasteiger partial charge in [-0.05, 0) is 42.3 Å². The zero-order chi connectivity index (χ0) is 15.9. The minimum absolute atomic E-state index is 0.106. The SMILES string of the molecule is O=C(COc1ccc(Br)cc1Cl)NCCc1ccc(F)cc1. The molecule has 0 atom stereocenters. The largest absolute Gasteiger partial charge is 0.482 e. The van der Waals surface area contributed by atoms with E-state index >= 15 is 0 Å². The lowest BCUT2D eigenvalue weighted by Crippen LogP contribution is -2.30. The predicted molar refractivity (Wildman–Crippen MR) is 87.8 cm³/mol. The Morgan fingerprint density at radius 3 is 2.64 bits per heavy atom. The Morgan fingerprint density at radius 1 is 1.23 bits per heavy atom. The van der Waals surface area contributed by atoms with Gasteiger partial charge in [0.25, 0.3) is 5.91 Å². The molecule has 0 heterocycles. The number of amides is 1. The molecule has 0 aliphatic rings. The number of halogens is 3. The highest BCUT2D eigenvalue weighted by Gasteiger charge is 2.06. The average Bonchev–Trinajstić information content (AvgIpc) is 2.48. The molecule has 116 valence electrons. The lowest BCUT2D eigenvalue weighted by molar-refractivity contribution is -0.123. The predicted octanol–water partition coefficient (Wildman–Crippen LogP) is 3.98. The van der Waals surface area contributed by atoms with Crippen LogP contribution in [0.4, 0.5) is 4.39 Å². The van der Waals surface area contributed by atoms with Gasteiger partial charge in [0.1, 0.15) is 11.6 Å². The Labute approximate surface area is 141 Å². The average molecular weight is 387 g/mol. The van der Waals surface area contributed by atoms with Crippen LogP contribution in [0.5, 0.6) is 5.75 Å². The third-order valence-electron chi connectivity index (χ3n) is 2.90. The summed E-state index contributed by atoms with van der Waals surface area (Å²) in [5, 5.41) is 3.18. The third-order valence-corrected chi connectivity index (χ3v) is 3.69. The van der Waals surface area contributed by atoms with Crippen molar-refractivity contribution in [2.75, 3.05) is 13.2 Å². The van der Waals surface area contributed by atoms with Crippen LogP contribution in [0.2, 0.25) is 5.02 Å². The molecule has 1 amide bonds. The number of rotatable bonds is 6. The van der Waals surface area contributed by atoms with E-state index in [1.165, 1.54) is 12.1 Å². The smallest absolute Gasteiger partial charge is 0.257 e. The number of hydrogen-bond donors (Lipinski definition) is 1. The van der Waals surface area contributed by atoms with Crippen molar-refractivity contribution in [1.29, 1.82) is 0 Å². The molecule has 2 aromatic rings. The van der Waals surface area contributed by atoms with Crippen molar-refractivity contribution >= 4 is 33.4 Å². The summed E-state index contributed by atoms with van der Waals surface area (Å²) in [5.74, 6) is -0.0489. The molecule has 0 aromatic heterocycles. The molecule has 0 aliphatic carbocycles. The summed E-state index contributed by atoms with van der Waals surface area (Å²) in [6.07, 6.45) is 0.630. The van der Waals surface area contributed by atoms with Gasteiger partial charge in [0.2, 0.25) is 0 Å². The van der Waals surface area contributed by atoms with E-state index in [0.717, 1.165) is 10.0 Å².